The van der Waals surface area contributed by atoms with E-state index in [4.69, 9.17) is 9.47 Å². The molecule has 0 aromatic heterocycles. The lowest BCUT2D eigenvalue weighted by atomic mass is 9.90. The highest BCUT2D eigenvalue weighted by atomic mass is 19.4. The number of amides is 2. The summed E-state index contributed by atoms with van der Waals surface area (Å²) in [6.07, 6.45) is -3.24. The van der Waals surface area contributed by atoms with Crippen molar-refractivity contribution >= 4 is 11.8 Å². The zero-order chi connectivity index (χ0) is 38.5. The zero-order valence-electron chi connectivity index (χ0n) is 30.7. The molecule has 280 valence electrons. The summed E-state index contributed by atoms with van der Waals surface area (Å²) in [5, 5.41) is 0. The lowest BCUT2D eigenvalue weighted by Gasteiger charge is -2.38. The van der Waals surface area contributed by atoms with Gasteiger partial charge in [0, 0.05) is 51.5 Å². The molecule has 0 spiro atoms. The normalized spacial score (nSPS) is 15.2. The number of rotatable bonds is 14. The topological polar surface area (TPSA) is 59.1 Å². The van der Waals surface area contributed by atoms with Crippen molar-refractivity contribution < 1.29 is 45.4 Å². The van der Waals surface area contributed by atoms with Crippen molar-refractivity contribution in [2.75, 3.05) is 28.3 Å². The number of methoxy groups -OCH3 is 2. The average Bonchev–Trinajstić information content (AvgIpc) is 3.04. The molecule has 50 heavy (non-hydrogen) atoms. The van der Waals surface area contributed by atoms with Gasteiger partial charge in [0.1, 0.15) is 0 Å². The predicted octanol–water partition coefficient (Wildman–Crippen LogP) is 9.37. The van der Waals surface area contributed by atoms with Crippen LogP contribution in [0.25, 0.3) is 0 Å². The van der Waals surface area contributed by atoms with Gasteiger partial charge in [-0.1, -0.05) is 84.0 Å². The fourth-order valence-corrected chi connectivity index (χ4v) is 5.32. The van der Waals surface area contributed by atoms with Crippen LogP contribution in [0.3, 0.4) is 0 Å². The Morgan fingerprint density at radius 1 is 0.620 bits per heavy atom. The Hall–Kier alpha value is -3.64. The van der Waals surface area contributed by atoms with Crippen LogP contribution >= 0.6 is 0 Å². The molecule has 0 N–H and O–H groups in total. The number of ether oxygens (including phenoxy) is 2. The number of allylic oxidation sites excluding steroid dienone is 4. The van der Waals surface area contributed by atoms with Crippen molar-refractivity contribution in [1.29, 1.82) is 0 Å². The third-order valence-electron chi connectivity index (χ3n) is 8.61. The van der Waals surface area contributed by atoms with Gasteiger partial charge in [0.15, 0.2) is 0 Å². The third-order valence-corrected chi connectivity index (χ3v) is 8.61. The van der Waals surface area contributed by atoms with E-state index in [2.05, 4.69) is 0 Å². The molecular formula is C38H52F6N2O4. The van der Waals surface area contributed by atoms with E-state index in [0.717, 1.165) is 35.2 Å². The molecule has 0 heterocycles. The molecule has 1 unspecified atom stereocenters. The SMILES string of the molecule is CO[C@](C(=O)N(C)C(C)CCC=C(C)C)(c1ccccc1)C(F)(F)F.CO[C@](C(=O)N(C)[C@@H](C)CCC=C(C)C)(c1ccccc1)C(F)(F)F. The number of nitrogens with zero attached hydrogens (tertiary/aromatic N) is 2. The Balaban J connectivity index is 0.000000500. The van der Waals surface area contributed by atoms with Crippen molar-refractivity contribution in [3.8, 4) is 0 Å². The second-order valence-corrected chi connectivity index (χ2v) is 12.7. The molecule has 0 saturated heterocycles. The van der Waals surface area contributed by atoms with E-state index < -0.39 is 35.4 Å². The first-order valence-corrected chi connectivity index (χ1v) is 16.3. The summed E-state index contributed by atoms with van der Waals surface area (Å²) in [5.74, 6) is -2.23. The molecule has 6 nitrogen and oxygen atoms in total. The molecule has 0 aliphatic rings. The molecule has 0 aliphatic carbocycles. The number of carbonyl (C=O) groups excluding carboxylic acids is 2. The maximum Gasteiger partial charge on any atom is 0.430 e. The first-order chi connectivity index (χ1) is 23.1. The maximum atomic E-state index is 13.9. The van der Waals surface area contributed by atoms with Gasteiger partial charge in [0.25, 0.3) is 23.0 Å². The van der Waals surface area contributed by atoms with Crippen LogP contribution in [0.2, 0.25) is 0 Å². The van der Waals surface area contributed by atoms with Crippen LogP contribution in [0.5, 0.6) is 0 Å². The van der Waals surface area contributed by atoms with Crippen molar-refractivity contribution in [2.24, 2.45) is 0 Å². The summed E-state index contributed by atoms with van der Waals surface area (Å²) in [6, 6.07) is 13.3. The Labute approximate surface area is 293 Å². The van der Waals surface area contributed by atoms with Crippen molar-refractivity contribution in [3.05, 3.63) is 95.1 Å². The van der Waals surface area contributed by atoms with Crippen LogP contribution in [-0.2, 0) is 30.3 Å². The molecule has 2 rings (SSSR count). The number of hydrogen-bond donors (Lipinski definition) is 0. The summed E-state index contributed by atoms with van der Waals surface area (Å²) < 4.78 is 93.1. The van der Waals surface area contributed by atoms with E-state index in [1.165, 1.54) is 62.6 Å². The largest absolute Gasteiger partial charge is 0.430 e. The van der Waals surface area contributed by atoms with E-state index in [-0.39, 0.29) is 23.2 Å². The fourth-order valence-electron chi connectivity index (χ4n) is 5.32. The molecule has 12 heteroatoms. The van der Waals surface area contributed by atoms with Crippen molar-refractivity contribution in [1.82, 2.24) is 9.80 Å². The number of carbonyl (C=O) groups is 2. The Kier molecular flexibility index (Phi) is 17.0. The molecule has 0 saturated carbocycles. The second-order valence-electron chi connectivity index (χ2n) is 12.7. The third kappa shape index (κ3) is 10.7. The Bertz CT molecular complexity index is 1300. The van der Waals surface area contributed by atoms with E-state index in [9.17, 15) is 35.9 Å². The van der Waals surface area contributed by atoms with Crippen LogP contribution in [0.1, 0.15) is 78.4 Å². The smallest absolute Gasteiger partial charge is 0.356 e. The Morgan fingerprint density at radius 3 is 1.12 bits per heavy atom. The molecule has 0 aliphatic heterocycles. The van der Waals surface area contributed by atoms with Gasteiger partial charge in [-0.25, -0.2) is 0 Å². The lowest BCUT2D eigenvalue weighted by molar-refractivity contribution is -0.271. The summed E-state index contributed by atoms with van der Waals surface area (Å²) >= 11 is 0. The highest BCUT2D eigenvalue weighted by molar-refractivity contribution is 5.88. The molecule has 2 aromatic carbocycles. The number of likely N-dealkylation sites (N-methyl/N-ethyl adjacent to an activating group) is 2. The minimum Gasteiger partial charge on any atom is -0.356 e. The van der Waals surface area contributed by atoms with E-state index in [1.807, 2.05) is 39.8 Å². The number of hydrogen-bond acceptors (Lipinski definition) is 4. The van der Waals surface area contributed by atoms with E-state index in [1.54, 1.807) is 26.0 Å². The summed E-state index contributed by atoms with van der Waals surface area (Å²) in [4.78, 5) is 28.0. The van der Waals surface area contributed by atoms with Gasteiger partial charge in [-0.3, -0.25) is 9.59 Å². The van der Waals surface area contributed by atoms with Crippen LogP contribution in [-0.4, -0.2) is 74.4 Å². The van der Waals surface area contributed by atoms with Crippen LogP contribution in [0, 0.1) is 0 Å². The first kappa shape index (κ1) is 44.4. The molecular weight excluding hydrogens is 662 g/mol. The monoisotopic (exact) mass is 714 g/mol. The highest BCUT2D eigenvalue weighted by Gasteiger charge is 2.64. The average molecular weight is 715 g/mol. The number of halogens is 6. The lowest BCUT2D eigenvalue weighted by Crippen LogP contribution is -2.57. The highest BCUT2D eigenvalue weighted by Crippen LogP contribution is 2.45. The van der Waals surface area contributed by atoms with Gasteiger partial charge in [0.05, 0.1) is 0 Å². The minimum absolute atomic E-state index is 0.224. The minimum atomic E-state index is -4.88. The van der Waals surface area contributed by atoms with Gasteiger partial charge >= 0.3 is 12.4 Å². The second kappa shape index (κ2) is 19.1. The fraction of sp³-hybridized carbons (Fsp3) is 0.526. The summed E-state index contributed by atoms with van der Waals surface area (Å²) in [6.45, 7) is 11.3. The number of benzene rings is 2. The van der Waals surface area contributed by atoms with Crippen LogP contribution in [0.15, 0.2) is 84.0 Å². The van der Waals surface area contributed by atoms with Gasteiger partial charge in [-0.05, 0) is 67.2 Å². The molecule has 0 radical (unpaired) electrons. The first-order valence-electron chi connectivity index (χ1n) is 16.3. The number of alkyl halides is 6. The van der Waals surface area contributed by atoms with E-state index >= 15 is 0 Å². The van der Waals surface area contributed by atoms with Crippen LogP contribution in [0.4, 0.5) is 26.3 Å². The molecule has 0 bridgehead atoms. The van der Waals surface area contributed by atoms with Gasteiger partial charge in [-0.2, -0.15) is 26.3 Å². The molecule has 0 fully saturated rings. The Morgan fingerprint density at radius 2 is 0.900 bits per heavy atom. The molecule has 2 aromatic rings. The molecule has 4 atom stereocenters. The van der Waals surface area contributed by atoms with Gasteiger partial charge in [0.2, 0.25) is 0 Å². The zero-order valence-corrected chi connectivity index (χ0v) is 30.7. The quantitative estimate of drug-likeness (QED) is 0.145. The predicted molar refractivity (Wildman–Crippen MR) is 184 cm³/mol. The molecule has 2 amide bonds. The van der Waals surface area contributed by atoms with Gasteiger partial charge in [-0.15, -0.1) is 0 Å². The summed E-state index contributed by atoms with van der Waals surface area (Å²) in [7, 11) is 4.61. The van der Waals surface area contributed by atoms with Crippen LogP contribution < -0.4 is 0 Å². The maximum absolute atomic E-state index is 13.9. The van der Waals surface area contributed by atoms with Crippen molar-refractivity contribution in [3.63, 3.8) is 0 Å². The summed E-state index contributed by atoms with van der Waals surface area (Å²) in [5.41, 5.74) is -4.20. The van der Waals surface area contributed by atoms with Crippen molar-refractivity contribution in [2.45, 2.75) is 103 Å². The van der Waals surface area contributed by atoms with E-state index in [0.29, 0.717) is 25.7 Å². The van der Waals surface area contributed by atoms with Gasteiger partial charge < -0.3 is 19.3 Å². The standard InChI is InChI=1S/2C19H26F3NO2/c2*1-14(2)10-9-11-15(3)23(4)17(24)18(25-5,19(20,21)22)16-12-7-6-8-13-16/h2*6-8,10,12-13,15H,9,11H2,1-5H3/t15?,18-;15-,18-/m00/s1.